The van der Waals surface area contributed by atoms with E-state index in [4.69, 9.17) is 5.11 Å². The second-order valence-electron chi connectivity index (χ2n) is 5.73. The molecule has 126 valence electrons. The number of carboxylic acids is 1. The smallest absolute Gasteiger partial charge is 0.307 e. The molecule has 1 aliphatic rings. The van der Waals surface area contributed by atoms with Gasteiger partial charge in [-0.3, -0.25) is 4.79 Å². The van der Waals surface area contributed by atoms with Crippen LogP contribution < -0.4 is 10.7 Å². The van der Waals surface area contributed by atoms with Gasteiger partial charge in [0.05, 0.1) is 17.0 Å². The molecule has 24 heavy (non-hydrogen) atoms. The van der Waals surface area contributed by atoms with Crippen LogP contribution in [-0.4, -0.2) is 46.9 Å². The van der Waals surface area contributed by atoms with Crippen molar-refractivity contribution in [1.82, 2.24) is 20.7 Å². The average Bonchev–Trinajstić information content (AvgIpc) is 3.14. The number of nitrogens with one attached hydrogen (secondary N) is 2. The molecule has 0 spiro atoms. The van der Waals surface area contributed by atoms with E-state index in [1.54, 1.807) is 29.9 Å². The van der Waals surface area contributed by atoms with E-state index in [9.17, 15) is 4.79 Å². The van der Waals surface area contributed by atoms with Gasteiger partial charge in [0.2, 0.25) is 0 Å². The van der Waals surface area contributed by atoms with E-state index in [1.807, 2.05) is 17.5 Å². The maximum Gasteiger partial charge on any atom is 0.307 e. The van der Waals surface area contributed by atoms with E-state index in [0.717, 1.165) is 17.0 Å². The van der Waals surface area contributed by atoms with E-state index >= 15 is 0 Å². The quantitative estimate of drug-likeness (QED) is 0.541. The number of hydrazone groups is 1. The van der Waals surface area contributed by atoms with Gasteiger partial charge in [-0.05, 0) is 30.3 Å². The highest BCUT2D eigenvalue weighted by atomic mass is 32.1. The number of rotatable bonds is 6. The Labute approximate surface area is 143 Å². The van der Waals surface area contributed by atoms with Crippen LogP contribution in [0.25, 0.3) is 10.7 Å². The van der Waals surface area contributed by atoms with Gasteiger partial charge in [0.25, 0.3) is 0 Å². The zero-order valence-electron chi connectivity index (χ0n) is 13.1. The van der Waals surface area contributed by atoms with E-state index in [2.05, 4.69) is 25.8 Å². The molecule has 1 saturated heterocycles. The molecule has 0 saturated carbocycles. The number of carboxylic acid groups (broad SMARTS) is 1. The lowest BCUT2D eigenvalue weighted by molar-refractivity contribution is -0.142. The monoisotopic (exact) mass is 345 g/mol. The molecular formula is C16H19N5O2S. The third-order valence-corrected chi connectivity index (χ3v) is 4.75. The van der Waals surface area contributed by atoms with E-state index in [0.29, 0.717) is 25.3 Å². The molecule has 2 aromatic heterocycles. The molecule has 7 nitrogen and oxygen atoms in total. The van der Waals surface area contributed by atoms with Crippen LogP contribution in [0, 0.1) is 11.8 Å². The zero-order valence-corrected chi connectivity index (χ0v) is 13.9. The fourth-order valence-corrected chi connectivity index (χ4v) is 3.29. The molecule has 2 aromatic rings. The number of nitrogens with zero attached hydrogens (tertiary/aromatic N) is 3. The minimum atomic E-state index is -0.737. The number of carbonyl (C=O) groups is 1. The second-order valence-corrected chi connectivity index (χ2v) is 6.68. The summed E-state index contributed by atoms with van der Waals surface area (Å²) in [5, 5.41) is 18.4. The Kier molecular flexibility index (Phi) is 5.50. The van der Waals surface area contributed by atoms with Gasteiger partial charge in [0.15, 0.2) is 5.82 Å². The lowest BCUT2D eigenvalue weighted by Crippen LogP contribution is -2.42. The van der Waals surface area contributed by atoms with Crippen LogP contribution in [0.3, 0.4) is 0 Å². The molecule has 3 rings (SSSR count). The molecule has 1 fully saturated rings. The van der Waals surface area contributed by atoms with Crippen molar-refractivity contribution in [3.63, 3.8) is 0 Å². The van der Waals surface area contributed by atoms with Crippen molar-refractivity contribution in [2.24, 2.45) is 16.9 Å². The van der Waals surface area contributed by atoms with Gasteiger partial charge >= 0.3 is 5.97 Å². The highest BCUT2D eigenvalue weighted by molar-refractivity contribution is 7.13. The molecule has 0 amide bonds. The van der Waals surface area contributed by atoms with Crippen molar-refractivity contribution in [2.45, 2.75) is 6.42 Å². The first-order valence-corrected chi connectivity index (χ1v) is 8.65. The molecule has 3 N–H and O–H groups in total. The molecule has 1 aliphatic heterocycles. The van der Waals surface area contributed by atoms with Crippen molar-refractivity contribution < 1.29 is 9.90 Å². The van der Waals surface area contributed by atoms with Crippen LogP contribution in [0.4, 0.5) is 0 Å². The fraction of sp³-hybridized carbons (Fsp3) is 0.375. The first-order chi connectivity index (χ1) is 11.7. The van der Waals surface area contributed by atoms with Gasteiger partial charge in [-0.25, -0.2) is 9.97 Å². The number of hydrogen-bond acceptors (Lipinski definition) is 7. The highest BCUT2D eigenvalue weighted by Crippen LogP contribution is 2.20. The molecule has 0 bridgehead atoms. The number of hydrogen-bond donors (Lipinski definition) is 3. The van der Waals surface area contributed by atoms with Gasteiger partial charge in [-0.15, -0.1) is 11.3 Å². The van der Waals surface area contributed by atoms with Crippen molar-refractivity contribution in [1.29, 1.82) is 0 Å². The number of aliphatic carboxylic acids is 1. The molecule has 0 unspecified atom stereocenters. The normalized spacial score (nSPS) is 21.0. The molecule has 0 aromatic carbocycles. The van der Waals surface area contributed by atoms with Crippen LogP contribution in [0.5, 0.6) is 0 Å². The minimum Gasteiger partial charge on any atom is -0.481 e. The summed E-state index contributed by atoms with van der Waals surface area (Å²) < 4.78 is 0. The predicted molar refractivity (Wildman–Crippen MR) is 93.0 cm³/mol. The summed E-state index contributed by atoms with van der Waals surface area (Å²) >= 11 is 1.60. The van der Waals surface area contributed by atoms with Crippen LogP contribution in [0.2, 0.25) is 0 Å². The first-order valence-electron chi connectivity index (χ1n) is 7.77. The molecule has 2 atom stereocenters. The third-order valence-electron chi connectivity index (χ3n) is 3.89. The van der Waals surface area contributed by atoms with Crippen LogP contribution in [-0.2, 0) is 4.79 Å². The average molecular weight is 345 g/mol. The Hall–Kier alpha value is -2.32. The lowest BCUT2D eigenvalue weighted by Gasteiger charge is -2.27. The van der Waals surface area contributed by atoms with E-state index < -0.39 is 5.97 Å². The first kappa shape index (κ1) is 16.5. The Bertz CT molecular complexity index is 687. The van der Waals surface area contributed by atoms with Gasteiger partial charge in [-0.1, -0.05) is 6.07 Å². The van der Waals surface area contributed by atoms with Crippen molar-refractivity contribution in [2.75, 3.05) is 19.6 Å². The fourth-order valence-electron chi connectivity index (χ4n) is 2.61. The Morgan fingerprint density at radius 1 is 1.46 bits per heavy atom. The highest BCUT2D eigenvalue weighted by Gasteiger charge is 2.26. The number of thiophene rings is 1. The van der Waals surface area contributed by atoms with Crippen molar-refractivity contribution in [3.8, 4) is 10.7 Å². The number of piperidine rings is 1. The maximum absolute atomic E-state index is 11.0. The largest absolute Gasteiger partial charge is 0.481 e. The number of aromatic nitrogens is 2. The van der Waals surface area contributed by atoms with Gasteiger partial charge in [0.1, 0.15) is 0 Å². The van der Waals surface area contributed by atoms with Crippen molar-refractivity contribution >= 4 is 23.5 Å². The van der Waals surface area contributed by atoms with Gasteiger partial charge in [0, 0.05) is 31.0 Å². The summed E-state index contributed by atoms with van der Waals surface area (Å²) in [5.74, 6) is -0.0797. The molecule has 3 heterocycles. The Morgan fingerprint density at radius 2 is 2.29 bits per heavy atom. The van der Waals surface area contributed by atoms with E-state index in [-0.39, 0.29) is 11.8 Å². The lowest BCUT2D eigenvalue weighted by atomic mass is 9.91. The summed E-state index contributed by atoms with van der Waals surface area (Å²) in [7, 11) is 0. The van der Waals surface area contributed by atoms with Gasteiger partial charge in [-0.2, -0.15) is 5.10 Å². The standard InChI is InChI=1S/C16H19N5O2S/c22-16(23)13-4-11(5-17-10-13)8-20-21-9-12-6-18-15(19-7-12)14-2-1-3-24-14/h1-3,6-7,9,11,13,17,20H,4-5,8,10H2,(H,22,23)/b21-9+/t11-,13+/m0/s1. The molecule has 8 heteroatoms. The maximum atomic E-state index is 11.0. The zero-order chi connectivity index (χ0) is 16.8. The summed E-state index contributed by atoms with van der Waals surface area (Å²) in [5.41, 5.74) is 3.80. The van der Waals surface area contributed by atoms with Crippen LogP contribution in [0.1, 0.15) is 12.0 Å². The molecular weight excluding hydrogens is 326 g/mol. The van der Waals surface area contributed by atoms with Crippen molar-refractivity contribution in [3.05, 3.63) is 35.5 Å². The SMILES string of the molecule is O=C(O)[C@H]1CNC[C@@H](CN/N=C/c2cnc(-c3cccs3)nc2)C1. The molecule has 0 aliphatic carbocycles. The van der Waals surface area contributed by atoms with Crippen LogP contribution in [0.15, 0.2) is 35.0 Å². The molecule has 0 radical (unpaired) electrons. The summed E-state index contributed by atoms with van der Waals surface area (Å²) in [6, 6.07) is 3.95. The minimum absolute atomic E-state index is 0.259. The van der Waals surface area contributed by atoms with E-state index in [1.165, 1.54) is 0 Å². The van der Waals surface area contributed by atoms with Crippen LogP contribution >= 0.6 is 11.3 Å². The summed E-state index contributed by atoms with van der Waals surface area (Å²) in [4.78, 5) is 20.7. The van der Waals surface area contributed by atoms with Gasteiger partial charge < -0.3 is 15.8 Å². The summed E-state index contributed by atoms with van der Waals surface area (Å²) in [6.45, 7) is 2.00. The summed E-state index contributed by atoms with van der Waals surface area (Å²) in [6.07, 6.45) is 5.80. The Morgan fingerprint density at radius 3 is 3.00 bits per heavy atom. The second kappa shape index (κ2) is 7.98. The third kappa shape index (κ3) is 4.36. The topological polar surface area (TPSA) is 99.5 Å². The predicted octanol–water partition coefficient (Wildman–Crippen LogP) is 1.44. The Balaban J connectivity index is 1.47.